The molecule has 0 spiro atoms. The molecule has 0 amide bonds. The van der Waals surface area contributed by atoms with Crippen LogP contribution < -0.4 is 0 Å². The number of ether oxygens (including phenoxy) is 1. The summed E-state index contributed by atoms with van der Waals surface area (Å²) in [6, 6.07) is 6.78. The summed E-state index contributed by atoms with van der Waals surface area (Å²) in [4.78, 5) is 0. The predicted octanol–water partition coefficient (Wildman–Crippen LogP) is 3.97. The van der Waals surface area contributed by atoms with Gasteiger partial charge in [-0.15, -0.1) is 0 Å². The van der Waals surface area contributed by atoms with E-state index in [-0.39, 0.29) is 0 Å². The van der Waals surface area contributed by atoms with Crippen LogP contribution in [0.4, 0.5) is 0 Å². The lowest BCUT2D eigenvalue weighted by Crippen LogP contribution is -2.05. The van der Waals surface area contributed by atoms with Crippen LogP contribution >= 0.6 is 0 Å². The van der Waals surface area contributed by atoms with Gasteiger partial charge in [-0.25, -0.2) is 0 Å². The van der Waals surface area contributed by atoms with Gasteiger partial charge in [0.15, 0.2) is 0 Å². The minimum atomic E-state index is 0.485. The normalized spacial score (nSPS) is 25.5. The number of hydrogen-bond acceptors (Lipinski definition) is 1. The summed E-state index contributed by atoms with van der Waals surface area (Å²) in [5, 5.41) is 0. The van der Waals surface area contributed by atoms with E-state index in [1.807, 2.05) is 0 Å². The van der Waals surface area contributed by atoms with Gasteiger partial charge < -0.3 is 4.74 Å². The van der Waals surface area contributed by atoms with E-state index in [9.17, 15) is 0 Å². The van der Waals surface area contributed by atoms with E-state index in [2.05, 4.69) is 45.9 Å². The highest BCUT2D eigenvalue weighted by Crippen LogP contribution is 2.35. The maximum absolute atomic E-state index is 5.54. The van der Waals surface area contributed by atoms with Gasteiger partial charge in [-0.1, -0.05) is 30.7 Å². The van der Waals surface area contributed by atoms with Gasteiger partial charge in [-0.3, -0.25) is 0 Å². The molecule has 1 aliphatic heterocycles. The molecule has 2 rings (SSSR count). The molecule has 1 aliphatic rings. The monoisotopic (exact) mass is 218 g/mol. The summed E-state index contributed by atoms with van der Waals surface area (Å²) in [6.07, 6.45) is 3.38. The van der Waals surface area contributed by atoms with Gasteiger partial charge in [-0.05, 0) is 50.7 Å². The Hall–Kier alpha value is -0.820. The second kappa shape index (κ2) is 4.58. The van der Waals surface area contributed by atoms with Crippen molar-refractivity contribution in [3.8, 4) is 0 Å². The fraction of sp³-hybridized carbons (Fsp3) is 0.600. The van der Waals surface area contributed by atoms with Crippen molar-refractivity contribution in [1.29, 1.82) is 0 Å². The van der Waals surface area contributed by atoms with Gasteiger partial charge in [0.25, 0.3) is 0 Å². The fourth-order valence-electron chi connectivity index (χ4n) is 2.47. The highest BCUT2D eigenvalue weighted by Gasteiger charge is 2.36. The zero-order chi connectivity index (χ0) is 11.7. The molecular formula is C15H22O. The van der Waals surface area contributed by atoms with E-state index in [0.29, 0.717) is 18.1 Å². The zero-order valence-corrected chi connectivity index (χ0v) is 10.8. The molecule has 3 unspecified atom stereocenters. The predicted molar refractivity (Wildman–Crippen MR) is 67.9 cm³/mol. The van der Waals surface area contributed by atoms with Crippen LogP contribution in [0.1, 0.15) is 49.3 Å². The van der Waals surface area contributed by atoms with E-state index >= 15 is 0 Å². The molecule has 1 heterocycles. The smallest absolute Gasteiger partial charge is 0.0844 e. The molecule has 3 atom stereocenters. The van der Waals surface area contributed by atoms with Crippen molar-refractivity contribution in [3.63, 3.8) is 0 Å². The van der Waals surface area contributed by atoms with Gasteiger partial charge in [0.05, 0.1) is 12.2 Å². The summed E-state index contributed by atoms with van der Waals surface area (Å²) in [5.41, 5.74) is 4.31. The molecule has 16 heavy (non-hydrogen) atoms. The third-order valence-corrected chi connectivity index (χ3v) is 3.72. The van der Waals surface area contributed by atoms with Crippen molar-refractivity contribution in [2.24, 2.45) is 0 Å². The van der Waals surface area contributed by atoms with E-state index in [4.69, 9.17) is 4.74 Å². The Kier molecular flexibility index (Phi) is 3.34. The number of hydrogen-bond donors (Lipinski definition) is 0. The minimum Gasteiger partial charge on any atom is -0.370 e. The molecule has 1 aromatic rings. The molecule has 0 aliphatic carbocycles. The minimum absolute atomic E-state index is 0.485. The average molecular weight is 218 g/mol. The summed E-state index contributed by atoms with van der Waals surface area (Å²) < 4.78 is 5.54. The molecule has 0 bridgehead atoms. The lowest BCUT2D eigenvalue weighted by Gasteiger charge is -2.17. The van der Waals surface area contributed by atoms with Crippen LogP contribution in [0.3, 0.4) is 0 Å². The van der Waals surface area contributed by atoms with Crippen LogP contribution in [0.5, 0.6) is 0 Å². The van der Waals surface area contributed by atoms with E-state index in [1.165, 1.54) is 29.5 Å². The number of rotatable bonds is 4. The molecule has 0 aromatic heterocycles. The van der Waals surface area contributed by atoms with Crippen molar-refractivity contribution in [3.05, 3.63) is 34.9 Å². The van der Waals surface area contributed by atoms with Crippen LogP contribution in [0.25, 0.3) is 0 Å². The molecule has 0 radical (unpaired) electrons. The maximum Gasteiger partial charge on any atom is 0.0844 e. The Bertz CT molecular complexity index is 370. The Balaban J connectivity index is 2.15. The molecule has 1 aromatic carbocycles. The molecule has 1 saturated heterocycles. The first kappa shape index (κ1) is 11.7. The number of benzene rings is 1. The van der Waals surface area contributed by atoms with E-state index < -0.39 is 0 Å². The topological polar surface area (TPSA) is 12.5 Å². The molecular weight excluding hydrogens is 196 g/mol. The first-order valence-corrected chi connectivity index (χ1v) is 6.34. The van der Waals surface area contributed by atoms with Crippen molar-refractivity contribution < 1.29 is 4.74 Å². The average Bonchev–Trinajstić information content (AvgIpc) is 2.95. The largest absolute Gasteiger partial charge is 0.370 e. The highest BCUT2D eigenvalue weighted by atomic mass is 16.6. The van der Waals surface area contributed by atoms with Crippen LogP contribution in [0, 0.1) is 13.8 Å². The van der Waals surface area contributed by atoms with Crippen molar-refractivity contribution in [2.45, 2.75) is 58.7 Å². The first-order chi connectivity index (χ1) is 7.61. The maximum atomic E-state index is 5.54. The molecule has 0 saturated carbocycles. The molecule has 1 fully saturated rings. The Labute approximate surface area is 98.8 Å². The molecule has 0 N–H and O–H groups in total. The Morgan fingerprint density at radius 2 is 2.00 bits per heavy atom. The standard InChI is InChI=1S/C15H22O/c1-5-13(9-15-12(4)16-15)14-8-10(2)6-7-11(14)3/h6-8,12-13,15H,5,9H2,1-4H3. The summed E-state index contributed by atoms with van der Waals surface area (Å²) in [6.45, 7) is 8.83. The second-order valence-corrected chi connectivity index (χ2v) is 5.08. The molecule has 1 nitrogen and oxygen atoms in total. The van der Waals surface area contributed by atoms with E-state index in [1.54, 1.807) is 0 Å². The van der Waals surface area contributed by atoms with Crippen LogP contribution in [-0.4, -0.2) is 12.2 Å². The summed E-state index contributed by atoms with van der Waals surface area (Å²) in [7, 11) is 0. The third kappa shape index (κ3) is 2.46. The van der Waals surface area contributed by atoms with Gasteiger partial charge in [-0.2, -0.15) is 0 Å². The summed E-state index contributed by atoms with van der Waals surface area (Å²) >= 11 is 0. The number of aryl methyl sites for hydroxylation is 2. The fourth-order valence-corrected chi connectivity index (χ4v) is 2.47. The van der Waals surface area contributed by atoms with Gasteiger partial charge in [0.2, 0.25) is 0 Å². The molecule has 88 valence electrons. The number of epoxide rings is 1. The highest BCUT2D eigenvalue weighted by molar-refractivity contribution is 5.33. The quantitative estimate of drug-likeness (QED) is 0.696. The zero-order valence-electron chi connectivity index (χ0n) is 10.8. The second-order valence-electron chi connectivity index (χ2n) is 5.08. The van der Waals surface area contributed by atoms with Gasteiger partial charge in [0, 0.05) is 0 Å². The SMILES string of the molecule is CCC(CC1OC1C)c1cc(C)ccc1C. The van der Waals surface area contributed by atoms with Crippen LogP contribution in [0.2, 0.25) is 0 Å². The van der Waals surface area contributed by atoms with Crippen LogP contribution in [0.15, 0.2) is 18.2 Å². The third-order valence-electron chi connectivity index (χ3n) is 3.72. The van der Waals surface area contributed by atoms with E-state index in [0.717, 1.165) is 0 Å². The van der Waals surface area contributed by atoms with Gasteiger partial charge in [0.1, 0.15) is 0 Å². The van der Waals surface area contributed by atoms with Crippen molar-refractivity contribution in [2.75, 3.05) is 0 Å². The molecule has 1 heteroatoms. The first-order valence-electron chi connectivity index (χ1n) is 6.34. The van der Waals surface area contributed by atoms with Crippen LogP contribution in [-0.2, 0) is 4.74 Å². The summed E-state index contributed by atoms with van der Waals surface area (Å²) in [5.74, 6) is 0.662. The van der Waals surface area contributed by atoms with Crippen molar-refractivity contribution in [1.82, 2.24) is 0 Å². The Morgan fingerprint density at radius 3 is 2.56 bits per heavy atom. The lowest BCUT2D eigenvalue weighted by atomic mass is 9.87. The Morgan fingerprint density at radius 1 is 1.31 bits per heavy atom. The van der Waals surface area contributed by atoms with Gasteiger partial charge >= 0.3 is 0 Å². The lowest BCUT2D eigenvalue weighted by molar-refractivity contribution is 0.357. The van der Waals surface area contributed by atoms with Crippen molar-refractivity contribution >= 4 is 0 Å².